The van der Waals surface area contributed by atoms with Gasteiger partial charge in [0.25, 0.3) is 0 Å². The van der Waals surface area contributed by atoms with Crippen LogP contribution in [0.5, 0.6) is 0 Å². The second-order valence-electron chi connectivity index (χ2n) is 8.95. The number of para-hydroxylation sites is 1. The topological polar surface area (TPSA) is 38.1 Å². The maximum absolute atomic E-state index is 5.96. The third-order valence-corrected chi connectivity index (χ3v) is 6.67. The maximum atomic E-state index is 5.96. The van der Waals surface area contributed by atoms with Crippen LogP contribution in [0.1, 0.15) is 0 Å². The van der Waals surface area contributed by atoms with E-state index in [9.17, 15) is 0 Å². The monoisotopic (exact) mass is 462 g/mol. The van der Waals surface area contributed by atoms with Gasteiger partial charge in [0.1, 0.15) is 16.9 Å². The molecule has 0 atom stereocenters. The molecular weight excluding hydrogens is 440 g/mol. The Bertz CT molecular complexity index is 1850. The number of nitrogens with zero attached hydrogens (tertiary/aromatic N) is 1. The molecule has 36 heavy (non-hydrogen) atoms. The molecule has 0 saturated heterocycles. The first-order valence-electron chi connectivity index (χ1n) is 12.1. The van der Waals surface area contributed by atoms with Crippen LogP contribution in [0.2, 0.25) is 0 Å². The Labute approximate surface area is 208 Å². The van der Waals surface area contributed by atoms with Crippen LogP contribution in [0.15, 0.2) is 132 Å². The van der Waals surface area contributed by atoms with E-state index >= 15 is 0 Å². The number of pyridine rings is 1. The lowest BCUT2D eigenvalue weighted by Crippen LogP contribution is -1.95. The second-order valence-corrected chi connectivity index (χ2v) is 8.95. The molecule has 5 aromatic carbocycles. The van der Waals surface area contributed by atoms with Gasteiger partial charge in [-0.1, -0.05) is 91.0 Å². The van der Waals surface area contributed by atoms with E-state index in [0.29, 0.717) is 0 Å². The first kappa shape index (κ1) is 20.5. The van der Waals surface area contributed by atoms with E-state index in [1.807, 2.05) is 42.5 Å². The fourth-order valence-electron chi connectivity index (χ4n) is 4.87. The van der Waals surface area contributed by atoms with E-state index in [1.165, 1.54) is 22.1 Å². The van der Waals surface area contributed by atoms with E-state index in [-0.39, 0.29) is 0 Å². The largest absolute Gasteiger partial charge is 0.454 e. The number of aromatic nitrogens is 1. The van der Waals surface area contributed by atoms with Crippen molar-refractivity contribution in [3.8, 4) is 22.3 Å². The van der Waals surface area contributed by atoms with Crippen LogP contribution in [0.4, 0.5) is 11.5 Å². The molecule has 0 spiro atoms. The molecule has 2 aromatic heterocycles. The van der Waals surface area contributed by atoms with Gasteiger partial charge in [0.05, 0.1) is 0 Å². The lowest BCUT2D eigenvalue weighted by Gasteiger charge is -2.13. The molecule has 2 heterocycles. The summed E-state index contributed by atoms with van der Waals surface area (Å²) in [4.78, 5) is 4.91. The Balaban J connectivity index is 1.30. The minimum Gasteiger partial charge on any atom is -0.454 e. The molecule has 0 aliphatic rings. The lowest BCUT2D eigenvalue weighted by atomic mass is 9.97. The highest BCUT2D eigenvalue weighted by atomic mass is 16.3. The molecule has 0 radical (unpaired) electrons. The van der Waals surface area contributed by atoms with Crippen molar-refractivity contribution < 1.29 is 4.42 Å². The summed E-state index contributed by atoms with van der Waals surface area (Å²) in [6.07, 6.45) is 0. The highest BCUT2D eigenvalue weighted by molar-refractivity contribution is 6.03. The lowest BCUT2D eigenvalue weighted by molar-refractivity contribution is 0.668. The van der Waals surface area contributed by atoms with Crippen LogP contribution in [0.25, 0.3) is 55.1 Å². The van der Waals surface area contributed by atoms with Crippen molar-refractivity contribution in [3.05, 3.63) is 127 Å². The molecule has 170 valence electrons. The van der Waals surface area contributed by atoms with Gasteiger partial charge in [0.15, 0.2) is 5.58 Å². The molecule has 0 bridgehead atoms. The highest BCUT2D eigenvalue weighted by Gasteiger charge is 2.11. The summed E-state index contributed by atoms with van der Waals surface area (Å²) in [6.45, 7) is 0. The van der Waals surface area contributed by atoms with Crippen molar-refractivity contribution in [2.75, 3.05) is 5.32 Å². The van der Waals surface area contributed by atoms with Crippen molar-refractivity contribution in [3.63, 3.8) is 0 Å². The number of benzene rings is 5. The number of hydrogen-bond acceptors (Lipinski definition) is 3. The molecule has 7 aromatic rings. The van der Waals surface area contributed by atoms with Crippen molar-refractivity contribution >= 4 is 44.3 Å². The Kier molecular flexibility index (Phi) is 4.78. The molecule has 7 rings (SSSR count). The van der Waals surface area contributed by atoms with Gasteiger partial charge in [-0.2, -0.15) is 0 Å². The predicted molar refractivity (Wildman–Crippen MR) is 150 cm³/mol. The smallest absolute Gasteiger partial charge is 0.154 e. The molecule has 0 aliphatic carbocycles. The van der Waals surface area contributed by atoms with E-state index in [2.05, 4.69) is 90.2 Å². The Hall–Kier alpha value is -4.89. The van der Waals surface area contributed by atoms with Gasteiger partial charge in [-0.05, 0) is 64.0 Å². The molecule has 1 N–H and O–H groups in total. The predicted octanol–water partition coefficient (Wildman–Crippen LogP) is 9.21. The number of hydrogen-bond donors (Lipinski definition) is 1. The number of rotatable bonds is 4. The van der Waals surface area contributed by atoms with Crippen LogP contribution < -0.4 is 5.32 Å². The van der Waals surface area contributed by atoms with E-state index in [1.54, 1.807) is 0 Å². The zero-order valence-corrected chi connectivity index (χ0v) is 19.5. The molecule has 0 saturated carbocycles. The third kappa shape index (κ3) is 3.58. The van der Waals surface area contributed by atoms with E-state index in [0.717, 1.165) is 44.5 Å². The molecule has 3 nitrogen and oxygen atoms in total. The zero-order chi connectivity index (χ0) is 23.9. The van der Waals surface area contributed by atoms with E-state index in [4.69, 9.17) is 9.40 Å². The average molecular weight is 463 g/mol. The summed E-state index contributed by atoms with van der Waals surface area (Å²) in [6, 6.07) is 44.1. The molecule has 0 amide bonds. The standard InChI is InChI=1S/C33H22N2O/c1-2-8-22(9-3-1)23-14-16-24(17-15-23)26-20-25-10-4-5-11-27(25)29(21-26)34-32-19-18-31-33(35-32)28-12-6-7-13-30(28)36-31/h1-21H,(H,34,35). The Morgan fingerprint density at radius 2 is 1.17 bits per heavy atom. The van der Waals surface area contributed by atoms with Crippen molar-refractivity contribution in [2.45, 2.75) is 0 Å². The summed E-state index contributed by atoms with van der Waals surface area (Å²) in [7, 11) is 0. The average Bonchev–Trinajstić information content (AvgIpc) is 3.32. The first-order valence-corrected chi connectivity index (χ1v) is 12.1. The van der Waals surface area contributed by atoms with Crippen LogP contribution in [-0.4, -0.2) is 4.98 Å². The van der Waals surface area contributed by atoms with Gasteiger partial charge in [-0.15, -0.1) is 0 Å². The van der Waals surface area contributed by atoms with Crippen molar-refractivity contribution in [1.29, 1.82) is 0 Å². The highest BCUT2D eigenvalue weighted by Crippen LogP contribution is 2.35. The molecular formula is C33H22N2O. The summed E-state index contributed by atoms with van der Waals surface area (Å²) in [5.41, 5.74) is 8.30. The third-order valence-electron chi connectivity index (χ3n) is 6.67. The summed E-state index contributed by atoms with van der Waals surface area (Å²) >= 11 is 0. The molecule has 0 unspecified atom stereocenters. The minimum atomic E-state index is 0.788. The SMILES string of the molecule is c1ccc(-c2ccc(-c3cc(Nc4ccc5oc6ccccc6c5n4)c4ccccc4c3)cc2)cc1. The quantitative estimate of drug-likeness (QED) is 0.283. The zero-order valence-electron chi connectivity index (χ0n) is 19.5. The van der Waals surface area contributed by atoms with Gasteiger partial charge in [0, 0.05) is 16.5 Å². The van der Waals surface area contributed by atoms with Gasteiger partial charge >= 0.3 is 0 Å². The van der Waals surface area contributed by atoms with Crippen LogP contribution >= 0.6 is 0 Å². The van der Waals surface area contributed by atoms with Gasteiger partial charge in [0.2, 0.25) is 0 Å². The number of fused-ring (bicyclic) bond motifs is 4. The van der Waals surface area contributed by atoms with Crippen LogP contribution in [0.3, 0.4) is 0 Å². The normalized spacial score (nSPS) is 11.3. The number of nitrogens with one attached hydrogen (secondary N) is 1. The molecule has 0 aliphatic heterocycles. The number of anilines is 2. The fraction of sp³-hybridized carbons (Fsp3) is 0. The molecule has 0 fully saturated rings. The van der Waals surface area contributed by atoms with Crippen LogP contribution in [0, 0.1) is 0 Å². The minimum absolute atomic E-state index is 0.788. The molecule has 3 heteroatoms. The summed E-state index contributed by atoms with van der Waals surface area (Å²) in [5, 5.41) is 6.94. The summed E-state index contributed by atoms with van der Waals surface area (Å²) in [5.74, 6) is 0.788. The number of furan rings is 1. The second kappa shape index (κ2) is 8.40. The van der Waals surface area contributed by atoms with Crippen molar-refractivity contribution in [1.82, 2.24) is 4.98 Å². The van der Waals surface area contributed by atoms with Crippen LogP contribution in [-0.2, 0) is 0 Å². The maximum Gasteiger partial charge on any atom is 0.154 e. The van der Waals surface area contributed by atoms with Gasteiger partial charge in [-0.3, -0.25) is 0 Å². The Morgan fingerprint density at radius 3 is 2.00 bits per heavy atom. The van der Waals surface area contributed by atoms with Gasteiger partial charge in [-0.25, -0.2) is 4.98 Å². The first-order chi connectivity index (χ1) is 17.8. The van der Waals surface area contributed by atoms with Crippen molar-refractivity contribution in [2.24, 2.45) is 0 Å². The van der Waals surface area contributed by atoms with Gasteiger partial charge < -0.3 is 9.73 Å². The Morgan fingerprint density at radius 1 is 0.500 bits per heavy atom. The summed E-state index contributed by atoms with van der Waals surface area (Å²) < 4.78 is 5.96. The van der Waals surface area contributed by atoms with E-state index < -0.39 is 0 Å². The fourth-order valence-corrected chi connectivity index (χ4v) is 4.87.